The molecule has 1 aromatic rings. The van der Waals surface area contributed by atoms with Crippen molar-refractivity contribution in [3.8, 4) is 0 Å². The minimum absolute atomic E-state index is 0.220. The monoisotopic (exact) mass is 598 g/mol. The van der Waals surface area contributed by atoms with Crippen LogP contribution in [0.5, 0.6) is 0 Å². The van der Waals surface area contributed by atoms with Gasteiger partial charge in [0.25, 0.3) is 0 Å². The van der Waals surface area contributed by atoms with Crippen LogP contribution in [0.25, 0.3) is 0 Å². The predicted molar refractivity (Wildman–Crippen MR) is 143 cm³/mol. The third-order valence-electron chi connectivity index (χ3n) is 6.76. The van der Waals surface area contributed by atoms with Gasteiger partial charge in [0.1, 0.15) is 36.1 Å². The van der Waals surface area contributed by atoms with E-state index in [-0.39, 0.29) is 12.2 Å². The van der Waals surface area contributed by atoms with E-state index >= 15 is 0 Å². The Morgan fingerprint density at radius 1 is 0.744 bits per heavy atom. The number of carbonyl (C=O) groups is 5. The molecule has 43 heavy (non-hydrogen) atoms. The number of allylic oxidation sites excluding steroid dienone is 4. The van der Waals surface area contributed by atoms with Crippen molar-refractivity contribution < 1.29 is 63.3 Å². The van der Waals surface area contributed by atoms with Crippen LogP contribution < -0.4 is 0 Å². The Balaban J connectivity index is 1.44. The molecule has 5 atom stereocenters. The van der Waals surface area contributed by atoms with Gasteiger partial charge in [0.15, 0.2) is 17.7 Å². The van der Waals surface area contributed by atoms with Crippen molar-refractivity contribution in [2.75, 3.05) is 6.61 Å². The Kier molecular flexibility index (Phi) is 9.84. The third-order valence-corrected chi connectivity index (χ3v) is 6.76. The molecule has 1 fully saturated rings. The van der Waals surface area contributed by atoms with Crippen LogP contribution in [0.1, 0.15) is 18.4 Å². The highest BCUT2D eigenvalue weighted by Crippen LogP contribution is 2.28. The second-order valence-electron chi connectivity index (χ2n) is 10.3. The summed E-state index contributed by atoms with van der Waals surface area (Å²) in [4.78, 5) is 60.5. The molecule has 0 bridgehead atoms. The third kappa shape index (κ3) is 8.63. The van der Waals surface area contributed by atoms with Crippen molar-refractivity contribution in [1.82, 2.24) is 0 Å². The van der Waals surface area contributed by atoms with E-state index in [9.17, 15) is 44.4 Å². The van der Waals surface area contributed by atoms with Crippen LogP contribution in [0, 0.1) is 0 Å². The van der Waals surface area contributed by atoms with Crippen molar-refractivity contribution in [3.63, 3.8) is 0 Å². The van der Waals surface area contributed by atoms with Crippen LogP contribution in [-0.4, -0.2) is 98.4 Å². The second kappa shape index (κ2) is 13.4. The lowest BCUT2D eigenvalue weighted by Crippen LogP contribution is -2.61. The van der Waals surface area contributed by atoms with E-state index in [1.165, 1.54) is 0 Å². The number of carbonyl (C=O) groups excluding carboxylic acids is 5. The summed E-state index contributed by atoms with van der Waals surface area (Å²) < 4.78 is 21.4. The lowest BCUT2D eigenvalue weighted by molar-refractivity contribution is -0.297. The van der Waals surface area contributed by atoms with Gasteiger partial charge in [-0.25, -0.2) is 0 Å². The van der Waals surface area contributed by atoms with Gasteiger partial charge in [-0.15, -0.1) is 0 Å². The summed E-state index contributed by atoms with van der Waals surface area (Å²) in [5, 5.41) is 42.6. The summed E-state index contributed by atoms with van der Waals surface area (Å²) in [5.74, 6) is -3.64. The highest BCUT2D eigenvalue weighted by molar-refractivity contribution is 6.01. The molecule has 1 aromatic carbocycles. The number of aliphatic hydroxyl groups is 4. The average molecular weight is 599 g/mol. The standard InChI is InChI=1S/C30H30O13/c31-19-6-10-29(38,11-7-19)15-23(34)40-17-21-25(36)26(37)27(42-22(33)14-18-4-2-1-3-5-18)28(41-21)43-24(35)16-30(39)12-8-20(32)9-13-30/h1-13,21,25-28,36-39H,14-17H2/t21-,25-,26+,27-,28+/m1/s1. The molecule has 1 saturated heterocycles. The summed E-state index contributed by atoms with van der Waals surface area (Å²) >= 11 is 0. The lowest BCUT2D eigenvalue weighted by Gasteiger charge is -2.41. The zero-order valence-corrected chi connectivity index (χ0v) is 22.7. The molecule has 4 N–H and O–H groups in total. The second-order valence-corrected chi connectivity index (χ2v) is 10.3. The Hall–Kier alpha value is -4.27. The van der Waals surface area contributed by atoms with Crippen LogP contribution in [0.3, 0.4) is 0 Å². The van der Waals surface area contributed by atoms with Gasteiger partial charge in [0.2, 0.25) is 6.29 Å². The van der Waals surface area contributed by atoms with E-state index in [0.717, 1.165) is 48.6 Å². The largest absolute Gasteiger partial charge is 0.463 e. The van der Waals surface area contributed by atoms with Crippen LogP contribution in [0.4, 0.5) is 0 Å². The van der Waals surface area contributed by atoms with Crippen molar-refractivity contribution in [2.24, 2.45) is 0 Å². The fourth-order valence-corrected chi connectivity index (χ4v) is 4.44. The Labute approximate surface area is 245 Å². The van der Waals surface area contributed by atoms with Crippen molar-refractivity contribution in [2.45, 2.75) is 61.2 Å². The van der Waals surface area contributed by atoms with E-state index in [4.69, 9.17) is 18.9 Å². The van der Waals surface area contributed by atoms with Gasteiger partial charge in [-0.1, -0.05) is 30.3 Å². The lowest BCUT2D eigenvalue weighted by atomic mass is 9.94. The first-order valence-corrected chi connectivity index (χ1v) is 13.2. The number of esters is 3. The number of hydrogen-bond acceptors (Lipinski definition) is 13. The van der Waals surface area contributed by atoms with Gasteiger partial charge in [-0.3, -0.25) is 24.0 Å². The first kappa shape index (κ1) is 31.7. The zero-order valence-electron chi connectivity index (χ0n) is 22.7. The van der Waals surface area contributed by atoms with E-state index in [1.54, 1.807) is 30.3 Å². The van der Waals surface area contributed by atoms with E-state index in [0.29, 0.717) is 5.56 Å². The zero-order chi connectivity index (χ0) is 31.2. The van der Waals surface area contributed by atoms with Gasteiger partial charge >= 0.3 is 17.9 Å². The Morgan fingerprint density at radius 3 is 1.84 bits per heavy atom. The number of ether oxygens (including phenoxy) is 4. The SMILES string of the molecule is O=C1C=CC(O)(CC(=O)OC[C@H]2O[C@@H](OC(=O)CC3(O)C=CC(=O)C=C3)[C@H](OC(=O)Cc3ccccc3)[C@@H](O)[C@@H]2O)C=C1. The summed E-state index contributed by atoms with van der Waals surface area (Å²) in [7, 11) is 0. The van der Waals surface area contributed by atoms with Gasteiger partial charge in [-0.05, 0) is 54.2 Å². The highest BCUT2D eigenvalue weighted by atomic mass is 16.7. The van der Waals surface area contributed by atoms with Gasteiger partial charge in [0.05, 0.1) is 19.3 Å². The average Bonchev–Trinajstić information content (AvgIpc) is 2.96. The highest BCUT2D eigenvalue weighted by Gasteiger charge is 2.49. The molecule has 0 unspecified atom stereocenters. The van der Waals surface area contributed by atoms with Crippen molar-refractivity contribution >= 4 is 29.5 Å². The molecule has 0 amide bonds. The molecule has 1 aliphatic heterocycles. The first-order valence-electron chi connectivity index (χ1n) is 13.2. The number of benzene rings is 1. The molecule has 228 valence electrons. The molecule has 0 spiro atoms. The first-order chi connectivity index (χ1) is 20.3. The van der Waals surface area contributed by atoms with E-state index in [1.807, 2.05) is 0 Å². The normalized spacial score (nSPS) is 27.0. The number of rotatable bonds is 10. The predicted octanol–water partition coefficient (Wildman–Crippen LogP) is -0.693. The maximum absolute atomic E-state index is 12.8. The quantitative estimate of drug-likeness (QED) is 0.195. The molecule has 0 aromatic heterocycles. The molecule has 3 aliphatic rings. The van der Waals surface area contributed by atoms with E-state index < -0.39 is 85.0 Å². The van der Waals surface area contributed by atoms with Gasteiger partial charge < -0.3 is 39.4 Å². The summed E-state index contributed by atoms with van der Waals surface area (Å²) in [6.07, 6.45) is -1.41. The Bertz CT molecular complexity index is 1330. The fourth-order valence-electron chi connectivity index (χ4n) is 4.44. The van der Waals surface area contributed by atoms with E-state index in [2.05, 4.69) is 0 Å². The topological polar surface area (TPSA) is 203 Å². The van der Waals surface area contributed by atoms with Crippen LogP contribution in [0.2, 0.25) is 0 Å². The Morgan fingerprint density at radius 2 is 1.28 bits per heavy atom. The summed E-state index contributed by atoms with van der Waals surface area (Å²) in [6, 6.07) is 8.47. The molecule has 2 aliphatic carbocycles. The maximum atomic E-state index is 12.8. The molecule has 0 saturated carbocycles. The minimum Gasteiger partial charge on any atom is -0.463 e. The van der Waals surface area contributed by atoms with Gasteiger partial charge in [0, 0.05) is 0 Å². The molecule has 13 nitrogen and oxygen atoms in total. The molecular formula is C30H30O13. The van der Waals surface area contributed by atoms with Crippen LogP contribution in [0.15, 0.2) is 78.9 Å². The minimum atomic E-state index is -1.87. The van der Waals surface area contributed by atoms with Crippen LogP contribution >= 0.6 is 0 Å². The van der Waals surface area contributed by atoms with Crippen molar-refractivity contribution in [1.29, 1.82) is 0 Å². The molecule has 1 heterocycles. The number of ketones is 2. The number of hydrogen-bond donors (Lipinski definition) is 4. The maximum Gasteiger partial charge on any atom is 0.311 e. The fraction of sp³-hybridized carbons (Fsp3) is 0.367. The molecule has 13 heteroatoms. The molecule has 0 radical (unpaired) electrons. The van der Waals surface area contributed by atoms with Crippen LogP contribution in [-0.2, 0) is 49.3 Å². The summed E-state index contributed by atoms with van der Waals surface area (Å²) in [6.45, 7) is -0.671. The molecular weight excluding hydrogens is 568 g/mol. The summed E-state index contributed by atoms with van der Waals surface area (Å²) in [5.41, 5.74) is -3.06. The smallest absolute Gasteiger partial charge is 0.311 e. The van der Waals surface area contributed by atoms with Crippen molar-refractivity contribution in [3.05, 3.63) is 84.5 Å². The van der Waals surface area contributed by atoms with Gasteiger partial charge in [-0.2, -0.15) is 0 Å². The molecule has 4 rings (SSSR count). The number of aliphatic hydroxyl groups excluding tert-OH is 2.